The molecule has 2 fully saturated rings. The van der Waals surface area contributed by atoms with Crippen molar-refractivity contribution in [3.63, 3.8) is 0 Å². The molecular weight excluding hydrogens is 436 g/mol. The summed E-state index contributed by atoms with van der Waals surface area (Å²) in [6.07, 6.45) is 7.75. The van der Waals surface area contributed by atoms with Gasteiger partial charge in [-0.05, 0) is 79.8 Å². The fourth-order valence-corrected chi connectivity index (χ4v) is 6.34. The zero-order valence-corrected chi connectivity index (χ0v) is 20.9. The number of hydrogen-bond acceptors (Lipinski definition) is 3. The Bertz CT molecular complexity index is 1060. The van der Waals surface area contributed by atoms with Crippen molar-refractivity contribution in [2.45, 2.75) is 70.9 Å². The van der Waals surface area contributed by atoms with Crippen LogP contribution in [0.15, 0.2) is 42.5 Å². The molecule has 5 heteroatoms. The van der Waals surface area contributed by atoms with Gasteiger partial charge in [0, 0.05) is 25.7 Å². The maximum Gasteiger partial charge on any atom is 0.307 e. The van der Waals surface area contributed by atoms with E-state index in [1.54, 1.807) is 0 Å². The number of carboxylic acids is 1. The van der Waals surface area contributed by atoms with Gasteiger partial charge in [0.2, 0.25) is 5.91 Å². The molecule has 1 saturated heterocycles. The Labute approximate surface area is 209 Å². The quantitative estimate of drug-likeness (QED) is 0.629. The van der Waals surface area contributed by atoms with E-state index >= 15 is 0 Å². The van der Waals surface area contributed by atoms with Crippen LogP contribution in [-0.2, 0) is 29.0 Å². The van der Waals surface area contributed by atoms with Gasteiger partial charge in [-0.2, -0.15) is 0 Å². The van der Waals surface area contributed by atoms with Gasteiger partial charge in [0.05, 0.1) is 11.8 Å². The van der Waals surface area contributed by atoms with Crippen molar-refractivity contribution < 1.29 is 14.7 Å². The summed E-state index contributed by atoms with van der Waals surface area (Å²) < 4.78 is 0. The predicted molar refractivity (Wildman–Crippen MR) is 138 cm³/mol. The Hall–Kier alpha value is -2.66. The van der Waals surface area contributed by atoms with Crippen LogP contribution >= 0.6 is 0 Å². The third-order valence-corrected chi connectivity index (χ3v) is 8.60. The fourth-order valence-electron chi connectivity index (χ4n) is 6.34. The summed E-state index contributed by atoms with van der Waals surface area (Å²) in [5.74, 6) is -1.68. The van der Waals surface area contributed by atoms with E-state index in [0.29, 0.717) is 25.9 Å². The molecule has 0 spiro atoms. The number of likely N-dealkylation sites (tertiary alicyclic amines) is 1. The SMILES string of the molecule is CC1CCCN1CCc1ccc(-c2ccc3c(c2)CCN(C(=O)C2CCCCC2C(=O)O)C3)cc1. The minimum Gasteiger partial charge on any atom is -0.481 e. The minimum absolute atomic E-state index is 0.0331. The zero-order chi connectivity index (χ0) is 24.4. The van der Waals surface area contributed by atoms with E-state index in [4.69, 9.17) is 0 Å². The van der Waals surface area contributed by atoms with Gasteiger partial charge in [0.1, 0.15) is 0 Å². The van der Waals surface area contributed by atoms with Crippen LogP contribution in [0.5, 0.6) is 0 Å². The standard InChI is InChI=1S/C30H38N2O3/c1-21-5-4-16-31(21)17-14-22-8-10-23(11-9-22)24-12-13-26-20-32(18-15-25(26)19-24)29(33)27-6-2-3-7-28(27)30(34)35/h8-13,19,21,27-28H,2-7,14-18,20H2,1H3,(H,34,35). The third kappa shape index (κ3) is 5.30. The lowest BCUT2D eigenvalue weighted by atomic mass is 9.78. The number of nitrogens with zero attached hydrogens (tertiary/aromatic N) is 2. The van der Waals surface area contributed by atoms with Crippen LogP contribution < -0.4 is 0 Å². The summed E-state index contributed by atoms with van der Waals surface area (Å²) in [6, 6.07) is 16.3. The molecule has 1 N–H and O–H groups in total. The number of benzene rings is 2. The molecule has 0 bridgehead atoms. The smallest absolute Gasteiger partial charge is 0.307 e. The molecule has 35 heavy (non-hydrogen) atoms. The number of fused-ring (bicyclic) bond motifs is 1. The molecule has 1 aliphatic carbocycles. The first-order valence-electron chi connectivity index (χ1n) is 13.5. The topological polar surface area (TPSA) is 60.9 Å². The van der Waals surface area contributed by atoms with Crippen molar-refractivity contribution in [1.82, 2.24) is 9.80 Å². The largest absolute Gasteiger partial charge is 0.481 e. The number of carbonyl (C=O) groups is 2. The van der Waals surface area contributed by atoms with E-state index in [1.165, 1.54) is 47.2 Å². The van der Waals surface area contributed by atoms with E-state index in [1.807, 2.05) is 4.90 Å². The van der Waals surface area contributed by atoms with Crippen LogP contribution in [0.25, 0.3) is 11.1 Å². The molecule has 1 saturated carbocycles. The molecule has 3 aliphatic rings. The summed E-state index contributed by atoms with van der Waals surface area (Å²) in [6.45, 7) is 5.97. The number of hydrogen-bond donors (Lipinski definition) is 1. The Morgan fingerprint density at radius 2 is 1.63 bits per heavy atom. The van der Waals surface area contributed by atoms with E-state index in [0.717, 1.165) is 38.3 Å². The molecule has 2 aliphatic heterocycles. The molecule has 0 aromatic heterocycles. The van der Waals surface area contributed by atoms with Crippen LogP contribution in [-0.4, -0.2) is 52.5 Å². The first-order valence-corrected chi connectivity index (χ1v) is 13.5. The molecule has 186 valence electrons. The van der Waals surface area contributed by atoms with Crippen molar-refractivity contribution in [3.05, 3.63) is 59.2 Å². The second kappa shape index (κ2) is 10.5. The van der Waals surface area contributed by atoms with Gasteiger partial charge in [0.15, 0.2) is 0 Å². The van der Waals surface area contributed by atoms with Gasteiger partial charge in [-0.3, -0.25) is 9.59 Å². The van der Waals surface area contributed by atoms with Crippen LogP contribution in [0.2, 0.25) is 0 Å². The van der Waals surface area contributed by atoms with Crippen molar-refractivity contribution in [1.29, 1.82) is 0 Å². The van der Waals surface area contributed by atoms with Crippen LogP contribution in [0.4, 0.5) is 0 Å². The highest BCUT2D eigenvalue weighted by molar-refractivity contribution is 5.85. The van der Waals surface area contributed by atoms with Crippen molar-refractivity contribution in [2.75, 3.05) is 19.6 Å². The summed E-state index contributed by atoms with van der Waals surface area (Å²) in [4.78, 5) is 29.4. The highest BCUT2D eigenvalue weighted by Gasteiger charge is 2.38. The molecule has 3 atom stereocenters. The van der Waals surface area contributed by atoms with E-state index in [2.05, 4.69) is 54.3 Å². The number of carbonyl (C=O) groups excluding carboxylic acids is 1. The van der Waals surface area contributed by atoms with Crippen LogP contribution in [0.1, 0.15) is 62.1 Å². The Morgan fingerprint density at radius 1 is 0.886 bits per heavy atom. The van der Waals surface area contributed by atoms with Gasteiger partial charge in [-0.1, -0.05) is 55.3 Å². The monoisotopic (exact) mass is 474 g/mol. The van der Waals surface area contributed by atoms with Gasteiger partial charge >= 0.3 is 5.97 Å². The molecule has 2 aromatic carbocycles. The summed E-state index contributed by atoms with van der Waals surface area (Å²) in [7, 11) is 0. The summed E-state index contributed by atoms with van der Waals surface area (Å²) in [5.41, 5.74) is 6.34. The van der Waals surface area contributed by atoms with Gasteiger partial charge < -0.3 is 14.9 Å². The average molecular weight is 475 g/mol. The predicted octanol–water partition coefficient (Wildman–Crippen LogP) is 5.16. The van der Waals surface area contributed by atoms with Gasteiger partial charge in [-0.15, -0.1) is 0 Å². The number of aliphatic carboxylic acids is 1. The third-order valence-electron chi connectivity index (χ3n) is 8.60. The molecule has 5 rings (SSSR count). The van der Waals surface area contributed by atoms with E-state index in [9.17, 15) is 14.7 Å². The minimum atomic E-state index is -0.818. The van der Waals surface area contributed by atoms with Gasteiger partial charge in [0.25, 0.3) is 0 Å². The first kappa shape index (κ1) is 24.1. The molecule has 0 radical (unpaired) electrons. The highest BCUT2D eigenvalue weighted by Crippen LogP contribution is 2.34. The number of carboxylic acid groups (broad SMARTS) is 1. The Balaban J connectivity index is 1.22. The zero-order valence-electron chi connectivity index (χ0n) is 20.9. The number of rotatable bonds is 6. The number of amides is 1. The van der Waals surface area contributed by atoms with E-state index in [-0.39, 0.29) is 11.8 Å². The molecule has 2 aromatic rings. The van der Waals surface area contributed by atoms with Crippen LogP contribution in [0.3, 0.4) is 0 Å². The lowest BCUT2D eigenvalue weighted by molar-refractivity contribution is -0.152. The van der Waals surface area contributed by atoms with Gasteiger partial charge in [-0.25, -0.2) is 0 Å². The van der Waals surface area contributed by atoms with Crippen molar-refractivity contribution >= 4 is 11.9 Å². The average Bonchev–Trinajstić information content (AvgIpc) is 3.31. The summed E-state index contributed by atoms with van der Waals surface area (Å²) in [5, 5.41) is 9.59. The van der Waals surface area contributed by atoms with E-state index < -0.39 is 11.9 Å². The normalized spacial score (nSPS) is 24.8. The molecule has 5 nitrogen and oxygen atoms in total. The first-order chi connectivity index (χ1) is 17.0. The van der Waals surface area contributed by atoms with Crippen molar-refractivity contribution in [2.24, 2.45) is 11.8 Å². The molecule has 2 heterocycles. The van der Waals surface area contributed by atoms with Crippen molar-refractivity contribution in [3.8, 4) is 11.1 Å². The molecular formula is C30H38N2O3. The molecule has 3 unspecified atom stereocenters. The second-order valence-corrected chi connectivity index (χ2v) is 10.8. The maximum absolute atomic E-state index is 13.2. The molecule has 1 amide bonds. The van der Waals surface area contributed by atoms with Crippen LogP contribution in [0, 0.1) is 11.8 Å². The lowest BCUT2D eigenvalue weighted by Gasteiger charge is -2.35. The Kier molecular flexibility index (Phi) is 7.24. The second-order valence-electron chi connectivity index (χ2n) is 10.8. The lowest BCUT2D eigenvalue weighted by Crippen LogP contribution is -2.44. The maximum atomic E-state index is 13.2. The highest BCUT2D eigenvalue weighted by atomic mass is 16.4. The Morgan fingerprint density at radius 3 is 2.34 bits per heavy atom. The summed E-state index contributed by atoms with van der Waals surface area (Å²) >= 11 is 0. The fraction of sp³-hybridized carbons (Fsp3) is 0.533.